The van der Waals surface area contributed by atoms with Crippen molar-refractivity contribution in [1.29, 1.82) is 0 Å². The van der Waals surface area contributed by atoms with Crippen LogP contribution in [-0.4, -0.2) is 42.8 Å². The van der Waals surface area contributed by atoms with Gasteiger partial charge in [-0.2, -0.15) is 4.98 Å². The normalized spacial score (nSPS) is 12.1. The van der Waals surface area contributed by atoms with Crippen LogP contribution in [0.3, 0.4) is 0 Å². The summed E-state index contributed by atoms with van der Waals surface area (Å²) in [5.41, 5.74) is 5.88. The molecule has 0 radical (unpaired) electrons. The first-order chi connectivity index (χ1) is 12.5. The maximum Gasteiger partial charge on any atom is 0.368 e. The van der Waals surface area contributed by atoms with Gasteiger partial charge in [0.05, 0.1) is 10.6 Å². The second-order valence-electron chi connectivity index (χ2n) is 5.65. The van der Waals surface area contributed by atoms with Gasteiger partial charge in [-0.3, -0.25) is 4.72 Å². The topological polar surface area (TPSA) is 167 Å². The van der Waals surface area contributed by atoms with Gasteiger partial charge < -0.3 is 15.8 Å². The number of aryl methyl sites for hydroxylation is 1. The molecule has 0 aliphatic carbocycles. The number of nitro groups is 1. The van der Waals surface area contributed by atoms with Crippen LogP contribution in [0.5, 0.6) is 0 Å². The molecule has 0 amide bonds. The van der Waals surface area contributed by atoms with E-state index in [1.54, 1.807) is 0 Å². The van der Waals surface area contributed by atoms with Crippen LogP contribution in [0.2, 0.25) is 0 Å². The highest BCUT2D eigenvalue weighted by atomic mass is 32.2. The first kappa shape index (κ1) is 20.6. The number of nitrogens with two attached hydrogens (primary N) is 1. The van der Waals surface area contributed by atoms with E-state index < -0.39 is 36.4 Å². The highest BCUT2D eigenvalue weighted by Crippen LogP contribution is 2.28. The molecular weight excluding hydrogens is 398 g/mol. The maximum atomic E-state index is 12.5. The summed E-state index contributed by atoms with van der Waals surface area (Å²) in [6, 6.07) is 5.26. The van der Waals surface area contributed by atoms with Crippen molar-refractivity contribution in [1.82, 2.24) is 9.55 Å². The molecule has 13 heteroatoms. The summed E-state index contributed by atoms with van der Waals surface area (Å²) in [4.78, 5) is 14.4. The van der Waals surface area contributed by atoms with Gasteiger partial charge in [0.1, 0.15) is 6.54 Å². The van der Waals surface area contributed by atoms with Crippen molar-refractivity contribution in [3.63, 3.8) is 0 Å². The summed E-state index contributed by atoms with van der Waals surface area (Å²) in [6.45, 7) is 2.68. The molecule has 1 aromatic heterocycles. The largest absolute Gasteiger partial charge is 0.399 e. The number of nitrogen functional groups attached to an aromatic ring is 1. The molecule has 0 aliphatic rings. The fourth-order valence-corrected chi connectivity index (χ4v) is 4.04. The molecule has 1 aromatic carbocycles. The Morgan fingerprint density at radius 1 is 1.22 bits per heavy atom. The molecule has 2 rings (SSSR count). The standard InChI is InChI=1S/C14H19N5O6S2/c1-3-26(22,23)9-8-18-10(2)16-13(14(18)19(20)21)17-27(24,25)12-6-4-11(15)5-7-12/h4-7,17H,3,8-9,15H2,1-2H3. The van der Waals surface area contributed by atoms with Crippen LogP contribution in [-0.2, 0) is 26.4 Å². The molecule has 0 atom stereocenters. The van der Waals surface area contributed by atoms with E-state index in [2.05, 4.69) is 9.71 Å². The van der Waals surface area contributed by atoms with Crippen molar-refractivity contribution in [3.05, 3.63) is 40.2 Å². The predicted molar refractivity (Wildman–Crippen MR) is 99.6 cm³/mol. The lowest BCUT2D eigenvalue weighted by atomic mass is 10.3. The molecule has 0 saturated carbocycles. The van der Waals surface area contributed by atoms with Crippen molar-refractivity contribution in [2.24, 2.45) is 0 Å². The zero-order valence-electron chi connectivity index (χ0n) is 14.6. The van der Waals surface area contributed by atoms with Crippen molar-refractivity contribution in [2.75, 3.05) is 22.0 Å². The van der Waals surface area contributed by atoms with Crippen LogP contribution in [0.1, 0.15) is 12.7 Å². The van der Waals surface area contributed by atoms with Crippen molar-refractivity contribution in [3.8, 4) is 0 Å². The number of sulfone groups is 1. The third-order valence-corrected chi connectivity index (χ3v) is 6.83. The molecule has 11 nitrogen and oxygen atoms in total. The molecule has 0 aliphatic heterocycles. The average Bonchev–Trinajstić information content (AvgIpc) is 2.88. The maximum absolute atomic E-state index is 12.5. The molecule has 0 bridgehead atoms. The molecule has 2 aromatic rings. The molecule has 3 N–H and O–H groups in total. The van der Waals surface area contributed by atoms with E-state index in [1.165, 1.54) is 38.1 Å². The van der Waals surface area contributed by atoms with Gasteiger partial charge in [-0.25, -0.2) is 21.4 Å². The van der Waals surface area contributed by atoms with Gasteiger partial charge in [0, 0.05) is 18.4 Å². The summed E-state index contributed by atoms with van der Waals surface area (Å²) >= 11 is 0. The monoisotopic (exact) mass is 417 g/mol. The number of anilines is 2. The molecule has 0 fully saturated rings. The lowest BCUT2D eigenvalue weighted by molar-refractivity contribution is -0.391. The minimum atomic E-state index is -4.14. The molecular formula is C14H19N5O6S2. The van der Waals surface area contributed by atoms with Crippen LogP contribution in [0.15, 0.2) is 29.2 Å². The number of benzene rings is 1. The summed E-state index contributed by atoms with van der Waals surface area (Å²) in [6.07, 6.45) is 0. The lowest BCUT2D eigenvalue weighted by Crippen LogP contribution is -2.17. The second kappa shape index (κ2) is 7.52. The Kier molecular flexibility index (Phi) is 5.75. The minimum absolute atomic E-state index is 0.106. The number of nitrogens with zero attached hydrogens (tertiary/aromatic N) is 3. The van der Waals surface area contributed by atoms with E-state index in [0.29, 0.717) is 5.69 Å². The Hall–Kier alpha value is -2.67. The van der Waals surface area contributed by atoms with Crippen LogP contribution < -0.4 is 10.5 Å². The zero-order valence-corrected chi connectivity index (χ0v) is 16.2. The summed E-state index contributed by atoms with van der Waals surface area (Å²) in [5, 5.41) is 11.5. The van der Waals surface area contributed by atoms with Crippen molar-refractivity contribution >= 4 is 37.2 Å². The summed E-state index contributed by atoms with van der Waals surface area (Å²) in [7, 11) is -7.51. The fraction of sp³-hybridized carbons (Fsp3) is 0.357. The second-order valence-corrected chi connectivity index (χ2v) is 9.81. The SMILES string of the molecule is CCS(=O)(=O)CCn1c(C)nc(NS(=O)(=O)c2ccc(N)cc2)c1[N+](=O)[O-]. The quantitative estimate of drug-likeness (QED) is 0.363. The van der Waals surface area contributed by atoms with E-state index in [1.807, 2.05) is 0 Å². The molecule has 0 unspecified atom stereocenters. The van der Waals surface area contributed by atoms with Crippen LogP contribution in [0, 0.1) is 17.0 Å². The van der Waals surface area contributed by atoms with Crippen LogP contribution in [0.25, 0.3) is 0 Å². The third kappa shape index (κ3) is 4.74. The number of imidazole rings is 1. The van der Waals surface area contributed by atoms with Gasteiger partial charge in [0.2, 0.25) is 5.82 Å². The number of hydrogen-bond acceptors (Lipinski definition) is 8. The van der Waals surface area contributed by atoms with Gasteiger partial charge in [0.15, 0.2) is 15.7 Å². The lowest BCUT2D eigenvalue weighted by Gasteiger charge is -2.07. The summed E-state index contributed by atoms with van der Waals surface area (Å²) in [5.74, 6) is -1.43. The molecule has 0 spiro atoms. The Morgan fingerprint density at radius 2 is 1.81 bits per heavy atom. The Bertz CT molecular complexity index is 1060. The number of nitrogens with one attached hydrogen (secondary N) is 1. The van der Waals surface area contributed by atoms with Gasteiger partial charge in [-0.15, -0.1) is 0 Å². The molecule has 0 saturated heterocycles. The average molecular weight is 417 g/mol. The first-order valence-corrected chi connectivity index (χ1v) is 11.1. The molecule has 148 valence electrons. The number of sulfonamides is 1. The van der Waals surface area contributed by atoms with Crippen molar-refractivity contribution < 1.29 is 21.8 Å². The summed E-state index contributed by atoms with van der Waals surface area (Å²) < 4.78 is 51.4. The third-order valence-electron chi connectivity index (χ3n) is 3.79. The van der Waals surface area contributed by atoms with E-state index >= 15 is 0 Å². The Morgan fingerprint density at radius 3 is 2.33 bits per heavy atom. The predicted octanol–water partition coefficient (Wildman–Crippen LogP) is 0.917. The Labute approximate surface area is 156 Å². The zero-order chi connectivity index (χ0) is 20.4. The van der Waals surface area contributed by atoms with Crippen molar-refractivity contribution in [2.45, 2.75) is 25.3 Å². The number of hydrogen-bond donors (Lipinski definition) is 2. The fourth-order valence-electron chi connectivity index (χ4n) is 2.28. The molecule has 27 heavy (non-hydrogen) atoms. The van der Waals surface area contributed by atoms with Gasteiger partial charge >= 0.3 is 5.82 Å². The van der Waals surface area contributed by atoms with Gasteiger partial charge in [-0.05, 0) is 29.2 Å². The smallest absolute Gasteiger partial charge is 0.368 e. The first-order valence-electron chi connectivity index (χ1n) is 7.77. The van der Waals surface area contributed by atoms with E-state index in [0.717, 1.165) is 4.57 Å². The minimum Gasteiger partial charge on any atom is -0.399 e. The van der Waals surface area contributed by atoms with Gasteiger partial charge in [0.25, 0.3) is 10.0 Å². The molecule has 1 heterocycles. The van der Waals surface area contributed by atoms with E-state index in [9.17, 15) is 26.9 Å². The Balaban J connectivity index is 2.41. The van der Waals surface area contributed by atoms with Crippen LogP contribution in [0.4, 0.5) is 17.3 Å². The number of aromatic nitrogens is 2. The highest BCUT2D eigenvalue weighted by molar-refractivity contribution is 7.92. The highest BCUT2D eigenvalue weighted by Gasteiger charge is 2.29. The van der Waals surface area contributed by atoms with Crippen LogP contribution >= 0.6 is 0 Å². The number of rotatable bonds is 8. The van der Waals surface area contributed by atoms with E-state index in [-0.39, 0.29) is 28.8 Å². The van der Waals surface area contributed by atoms with E-state index in [4.69, 9.17) is 5.73 Å². The van der Waals surface area contributed by atoms with Gasteiger partial charge in [-0.1, -0.05) is 6.92 Å².